The summed E-state index contributed by atoms with van der Waals surface area (Å²) in [5.41, 5.74) is 1.95. The molecule has 5 nitrogen and oxygen atoms in total. The van der Waals surface area contributed by atoms with Gasteiger partial charge in [0, 0.05) is 13.0 Å². The maximum Gasteiger partial charge on any atom is 0.224 e. The molecule has 0 atom stereocenters. The van der Waals surface area contributed by atoms with E-state index in [1.807, 2.05) is 30.3 Å². The van der Waals surface area contributed by atoms with Crippen LogP contribution in [0.25, 0.3) is 0 Å². The number of nitrogens with one attached hydrogen (secondary N) is 1. The Balaban J connectivity index is 1.53. The number of halogens is 1. The summed E-state index contributed by atoms with van der Waals surface area (Å²) >= 11 is 6.27. The highest BCUT2D eigenvalue weighted by molar-refractivity contribution is 6.32. The minimum Gasteiger partial charge on any atom is -0.497 e. The average Bonchev–Trinajstić information content (AvgIpc) is 2.88. The SMILES string of the molecule is COc1ccc(CCNC(=O)Cc2cc(Cl)c3c(c2)OCCCO3)cc1. The molecule has 0 unspecified atom stereocenters. The molecule has 3 rings (SSSR count). The van der Waals surface area contributed by atoms with Gasteiger partial charge in [-0.05, 0) is 41.8 Å². The van der Waals surface area contributed by atoms with Crippen LogP contribution >= 0.6 is 11.6 Å². The van der Waals surface area contributed by atoms with Crippen molar-refractivity contribution >= 4 is 17.5 Å². The lowest BCUT2D eigenvalue weighted by Gasteiger charge is -2.12. The summed E-state index contributed by atoms with van der Waals surface area (Å²) in [6.07, 6.45) is 1.82. The number of amides is 1. The fourth-order valence-corrected chi connectivity index (χ4v) is 3.06. The van der Waals surface area contributed by atoms with Crippen molar-refractivity contribution in [3.63, 3.8) is 0 Å². The summed E-state index contributed by atoms with van der Waals surface area (Å²) in [6, 6.07) is 11.4. The summed E-state index contributed by atoms with van der Waals surface area (Å²) in [5, 5.41) is 3.41. The minimum absolute atomic E-state index is 0.0518. The van der Waals surface area contributed by atoms with Gasteiger partial charge >= 0.3 is 0 Å². The maximum absolute atomic E-state index is 12.2. The molecule has 0 fully saturated rings. The molecule has 6 heteroatoms. The van der Waals surface area contributed by atoms with E-state index in [4.69, 9.17) is 25.8 Å². The molecular weight excluding hydrogens is 354 g/mol. The van der Waals surface area contributed by atoms with Crippen LogP contribution in [0.1, 0.15) is 17.5 Å². The Morgan fingerprint density at radius 3 is 2.69 bits per heavy atom. The number of rotatable bonds is 6. The monoisotopic (exact) mass is 375 g/mol. The van der Waals surface area contributed by atoms with Gasteiger partial charge in [0.25, 0.3) is 0 Å². The van der Waals surface area contributed by atoms with Gasteiger partial charge in [-0.25, -0.2) is 0 Å². The van der Waals surface area contributed by atoms with E-state index < -0.39 is 0 Å². The summed E-state index contributed by atoms with van der Waals surface area (Å²) in [5.74, 6) is 1.94. The molecule has 2 aromatic rings. The van der Waals surface area contributed by atoms with Gasteiger partial charge in [-0.1, -0.05) is 23.7 Å². The fraction of sp³-hybridized carbons (Fsp3) is 0.350. The van der Waals surface area contributed by atoms with E-state index in [9.17, 15) is 4.79 Å². The molecule has 0 bridgehead atoms. The number of hydrogen-bond acceptors (Lipinski definition) is 4. The predicted octanol–water partition coefficient (Wildman–Crippen LogP) is 3.41. The van der Waals surface area contributed by atoms with Crippen LogP contribution in [0.4, 0.5) is 0 Å². The predicted molar refractivity (Wildman–Crippen MR) is 100 cm³/mol. The molecule has 1 N–H and O–H groups in total. The second-order valence-corrected chi connectivity index (χ2v) is 6.49. The third-order valence-corrected chi connectivity index (χ3v) is 4.40. The van der Waals surface area contributed by atoms with Gasteiger partial charge < -0.3 is 19.5 Å². The first kappa shape index (κ1) is 18.4. The standard InChI is InChI=1S/C20H22ClNO4/c1-24-16-5-3-14(4-6-16)7-8-22-19(23)13-15-11-17(21)20-18(12-15)25-9-2-10-26-20/h3-6,11-12H,2,7-10,13H2,1H3,(H,22,23). The van der Waals surface area contributed by atoms with E-state index in [1.54, 1.807) is 13.2 Å². The molecule has 0 saturated heterocycles. The highest BCUT2D eigenvalue weighted by atomic mass is 35.5. The lowest BCUT2D eigenvalue weighted by Crippen LogP contribution is -2.27. The van der Waals surface area contributed by atoms with Crippen LogP contribution in [0.5, 0.6) is 17.2 Å². The van der Waals surface area contributed by atoms with Crippen LogP contribution in [-0.4, -0.2) is 32.8 Å². The third-order valence-electron chi connectivity index (χ3n) is 4.12. The van der Waals surface area contributed by atoms with Crippen LogP contribution in [0, 0.1) is 0 Å². The highest BCUT2D eigenvalue weighted by Crippen LogP contribution is 2.38. The Hall–Kier alpha value is -2.40. The number of methoxy groups -OCH3 is 1. The van der Waals surface area contributed by atoms with E-state index >= 15 is 0 Å². The maximum atomic E-state index is 12.2. The average molecular weight is 376 g/mol. The Bertz CT molecular complexity index is 761. The lowest BCUT2D eigenvalue weighted by molar-refractivity contribution is -0.120. The highest BCUT2D eigenvalue weighted by Gasteiger charge is 2.16. The van der Waals surface area contributed by atoms with Crippen molar-refractivity contribution in [2.24, 2.45) is 0 Å². The Labute approximate surface area is 158 Å². The quantitative estimate of drug-likeness (QED) is 0.840. The van der Waals surface area contributed by atoms with Gasteiger partial charge in [0.1, 0.15) is 5.75 Å². The topological polar surface area (TPSA) is 56.8 Å². The first-order valence-corrected chi connectivity index (χ1v) is 9.01. The minimum atomic E-state index is -0.0518. The molecule has 0 aliphatic carbocycles. The zero-order valence-corrected chi connectivity index (χ0v) is 15.5. The normalized spacial score (nSPS) is 13.0. The van der Waals surface area contributed by atoms with Crippen LogP contribution in [0.15, 0.2) is 36.4 Å². The van der Waals surface area contributed by atoms with Gasteiger partial charge in [0.2, 0.25) is 5.91 Å². The summed E-state index contributed by atoms with van der Waals surface area (Å²) in [4.78, 5) is 12.2. The molecule has 0 saturated carbocycles. The van der Waals surface area contributed by atoms with Crippen LogP contribution < -0.4 is 19.5 Å². The third kappa shape index (κ3) is 4.82. The molecule has 138 valence electrons. The number of hydrogen-bond donors (Lipinski definition) is 1. The molecule has 0 spiro atoms. The molecule has 0 radical (unpaired) electrons. The molecule has 1 amide bonds. The van der Waals surface area contributed by atoms with Gasteiger partial charge in [0.05, 0.1) is 31.8 Å². The van der Waals surface area contributed by atoms with Crippen LogP contribution in [-0.2, 0) is 17.6 Å². The summed E-state index contributed by atoms with van der Waals surface area (Å²) < 4.78 is 16.4. The van der Waals surface area contributed by atoms with Gasteiger partial charge in [0.15, 0.2) is 11.5 Å². The zero-order chi connectivity index (χ0) is 18.4. The summed E-state index contributed by atoms with van der Waals surface area (Å²) in [6.45, 7) is 1.74. The Kier molecular flexibility index (Phi) is 6.23. The first-order valence-electron chi connectivity index (χ1n) is 8.63. The Morgan fingerprint density at radius 2 is 1.92 bits per heavy atom. The van der Waals surface area contributed by atoms with Crippen LogP contribution in [0.3, 0.4) is 0 Å². The van der Waals surface area contributed by atoms with Crippen molar-refractivity contribution in [2.45, 2.75) is 19.3 Å². The van der Waals surface area contributed by atoms with Crippen molar-refractivity contribution in [3.05, 3.63) is 52.5 Å². The van der Waals surface area contributed by atoms with Crippen molar-refractivity contribution in [3.8, 4) is 17.2 Å². The van der Waals surface area contributed by atoms with E-state index in [0.717, 1.165) is 29.7 Å². The second-order valence-electron chi connectivity index (χ2n) is 6.08. The van der Waals surface area contributed by atoms with Crippen molar-refractivity contribution in [1.82, 2.24) is 5.32 Å². The first-order chi connectivity index (χ1) is 12.7. The summed E-state index contributed by atoms with van der Waals surface area (Å²) in [7, 11) is 1.64. The zero-order valence-electron chi connectivity index (χ0n) is 14.7. The molecule has 1 aliphatic heterocycles. The second kappa shape index (κ2) is 8.81. The van der Waals surface area contributed by atoms with Crippen molar-refractivity contribution in [2.75, 3.05) is 26.9 Å². The van der Waals surface area contributed by atoms with E-state index in [2.05, 4.69) is 5.32 Å². The molecule has 1 aliphatic rings. The number of carbonyl (C=O) groups is 1. The smallest absolute Gasteiger partial charge is 0.224 e. The van der Waals surface area contributed by atoms with Gasteiger partial charge in [-0.15, -0.1) is 0 Å². The molecule has 0 aromatic heterocycles. The van der Waals surface area contributed by atoms with E-state index in [0.29, 0.717) is 36.3 Å². The van der Waals surface area contributed by atoms with E-state index in [-0.39, 0.29) is 12.3 Å². The fourth-order valence-electron chi connectivity index (χ4n) is 2.77. The molecular formula is C20H22ClNO4. The Morgan fingerprint density at radius 1 is 1.15 bits per heavy atom. The number of carbonyl (C=O) groups excluding carboxylic acids is 1. The number of ether oxygens (including phenoxy) is 3. The van der Waals surface area contributed by atoms with Gasteiger partial charge in [-0.2, -0.15) is 0 Å². The van der Waals surface area contributed by atoms with Crippen LogP contribution in [0.2, 0.25) is 5.02 Å². The van der Waals surface area contributed by atoms with Gasteiger partial charge in [-0.3, -0.25) is 4.79 Å². The number of benzene rings is 2. The van der Waals surface area contributed by atoms with Crippen molar-refractivity contribution < 1.29 is 19.0 Å². The molecule has 2 aromatic carbocycles. The lowest BCUT2D eigenvalue weighted by atomic mass is 10.1. The molecule has 1 heterocycles. The molecule has 26 heavy (non-hydrogen) atoms. The largest absolute Gasteiger partial charge is 0.497 e. The van der Waals surface area contributed by atoms with E-state index in [1.165, 1.54) is 0 Å². The number of fused-ring (bicyclic) bond motifs is 1. The van der Waals surface area contributed by atoms with Crippen molar-refractivity contribution in [1.29, 1.82) is 0 Å².